The number of hydrogen-bond donors (Lipinski definition) is 1. The largest absolute Gasteiger partial charge is 0.374 e. The fourth-order valence-corrected chi connectivity index (χ4v) is 5.12. The Morgan fingerprint density at radius 1 is 1.22 bits per heavy atom. The van der Waals surface area contributed by atoms with Crippen LogP contribution in [0.25, 0.3) is 22.0 Å². The highest BCUT2D eigenvalue weighted by atomic mass is 35.5. The fraction of sp³-hybridized carbons (Fsp3) is 0.409. The molecule has 5 rings (SSSR count). The number of aromatic nitrogens is 3. The maximum Gasteiger partial charge on any atom is 0.225 e. The molecule has 2 aromatic heterocycles. The normalized spacial score (nSPS) is 18.8. The molecule has 1 aromatic carbocycles. The zero-order valence-corrected chi connectivity index (χ0v) is 19.1. The number of H-pyrrole nitrogens is 1. The molecule has 32 heavy (non-hydrogen) atoms. The van der Waals surface area contributed by atoms with Crippen molar-refractivity contribution in [3.8, 4) is 11.1 Å². The van der Waals surface area contributed by atoms with E-state index in [2.05, 4.69) is 14.8 Å². The summed E-state index contributed by atoms with van der Waals surface area (Å²) in [7, 11) is 0. The van der Waals surface area contributed by atoms with Gasteiger partial charge in [0.05, 0.1) is 47.4 Å². The van der Waals surface area contributed by atoms with Crippen LogP contribution in [0, 0.1) is 0 Å². The first-order valence-corrected chi connectivity index (χ1v) is 11.3. The Kier molecular flexibility index (Phi) is 5.61. The monoisotopic (exact) mass is 475 g/mol. The molecule has 1 N–H and O–H groups in total. The molecule has 4 heterocycles. The van der Waals surface area contributed by atoms with Crippen LogP contribution in [0.2, 0.25) is 10.0 Å². The molecule has 0 aliphatic carbocycles. The van der Waals surface area contributed by atoms with Crippen molar-refractivity contribution in [2.45, 2.75) is 32.5 Å². The lowest BCUT2D eigenvalue weighted by Crippen LogP contribution is -2.47. The van der Waals surface area contributed by atoms with Gasteiger partial charge in [0.2, 0.25) is 11.8 Å². The summed E-state index contributed by atoms with van der Waals surface area (Å²) < 4.78 is 7.91. The SMILES string of the molecule is CC(=O)N1CCO[C@H](CC(=O)N2CCn3c(c(-c4cn[nH]c4)c4ccc(Cl)c(Cl)c43)C2)C1. The maximum absolute atomic E-state index is 13.2. The van der Waals surface area contributed by atoms with Crippen LogP contribution in [0.1, 0.15) is 19.0 Å². The van der Waals surface area contributed by atoms with E-state index in [9.17, 15) is 9.59 Å². The Bertz CT molecular complexity index is 1190. The number of fused-ring (bicyclic) bond motifs is 3. The number of morpholine rings is 1. The predicted molar refractivity (Wildman–Crippen MR) is 122 cm³/mol. The molecule has 1 atom stereocenters. The van der Waals surface area contributed by atoms with Gasteiger partial charge in [-0.25, -0.2) is 0 Å². The van der Waals surface area contributed by atoms with Crippen molar-refractivity contribution in [3.63, 3.8) is 0 Å². The van der Waals surface area contributed by atoms with Crippen LogP contribution in [-0.4, -0.2) is 68.7 Å². The van der Waals surface area contributed by atoms with Gasteiger partial charge in [-0.3, -0.25) is 14.7 Å². The van der Waals surface area contributed by atoms with E-state index < -0.39 is 0 Å². The van der Waals surface area contributed by atoms with Crippen molar-refractivity contribution in [2.24, 2.45) is 0 Å². The summed E-state index contributed by atoms with van der Waals surface area (Å²) in [6, 6.07) is 3.77. The van der Waals surface area contributed by atoms with E-state index in [1.165, 1.54) is 0 Å². The van der Waals surface area contributed by atoms with E-state index in [0.29, 0.717) is 49.4 Å². The van der Waals surface area contributed by atoms with Crippen LogP contribution < -0.4 is 0 Å². The molecule has 0 radical (unpaired) electrons. The van der Waals surface area contributed by atoms with Gasteiger partial charge in [-0.2, -0.15) is 5.10 Å². The summed E-state index contributed by atoms with van der Waals surface area (Å²) in [6.45, 7) is 4.64. The molecule has 0 bridgehead atoms. The molecule has 3 aromatic rings. The Morgan fingerprint density at radius 2 is 2.06 bits per heavy atom. The molecule has 0 spiro atoms. The summed E-state index contributed by atoms with van der Waals surface area (Å²) in [6.07, 6.45) is 3.57. The molecule has 10 heteroatoms. The predicted octanol–water partition coefficient (Wildman–Crippen LogP) is 3.32. The molecule has 2 amide bonds. The number of aromatic amines is 1. The van der Waals surface area contributed by atoms with Gasteiger partial charge in [-0.15, -0.1) is 0 Å². The van der Waals surface area contributed by atoms with Gasteiger partial charge in [-0.05, 0) is 6.07 Å². The van der Waals surface area contributed by atoms with Crippen molar-refractivity contribution in [1.29, 1.82) is 0 Å². The number of hydrogen-bond acceptors (Lipinski definition) is 4. The van der Waals surface area contributed by atoms with Crippen LogP contribution in [0.3, 0.4) is 0 Å². The first kappa shape index (κ1) is 21.3. The first-order valence-electron chi connectivity index (χ1n) is 10.6. The van der Waals surface area contributed by atoms with Crippen molar-refractivity contribution in [2.75, 3.05) is 26.2 Å². The molecule has 1 fully saturated rings. The summed E-state index contributed by atoms with van der Waals surface area (Å²) >= 11 is 12.9. The summed E-state index contributed by atoms with van der Waals surface area (Å²) in [4.78, 5) is 28.4. The smallest absolute Gasteiger partial charge is 0.225 e. The van der Waals surface area contributed by atoms with E-state index in [1.54, 1.807) is 24.1 Å². The maximum atomic E-state index is 13.2. The van der Waals surface area contributed by atoms with Crippen LogP contribution in [-0.2, 0) is 27.4 Å². The number of ether oxygens (including phenoxy) is 1. The Labute approximate surface area is 195 Å². The van der Waals surface area contributed by atoms with Crippen LogP contribution in [0.5, 0.6) is 0 Å². The zero-order chi connectivity index (χ0) is 22.4. The van der Waals surface area contributed by atoms with Gasteiger partial charge < -0.3 is 19.1 Å². The topological polar surface area (TPSA) is 83.5 Å². The average Bonchev–Trinajstić information content (AvgIpc) is 3.41. The second-order valence-corrected chi connectivity index (χ2v) is 8.98. The zero-order valence-electron chi connectivity index (χ0n) is 17.6. The van der Waals surface area contributed by atoms with Crippen LogP contribution in [0.15, 0.2) is 24.5 Å². The highest BCUT2D eigenvalue weighted by molar-refractivity contribution is 6.45. The second-order valence-electron chi connectivity index (χ2n) is 8.20. The molecular weight excluding hydrogens is 453 g/mol. The van der Waals surface area contributed by atoms with E-state index in [1.807, 2.05) is 17.2 Å². The first-order chi connectivity index (χ1) is 15.4. The van der Waals surface area contributed by atoms with E-state index in [4.69, 9.17) is 27.9 Å². The van der Waals surface area contributed by atoms with Crippen molar-refractivity contribution < 1.29 is 14.3 Å². The number of amides is 2. The quantitative estimate of drug-likeness (QED) is 0.629. The number of nitrogens with one attached hydrogen (secondary N) is 1. The number of nitrogens with zero attached hydrogens (tertiary/aromatic N) is 4. The molecule has 8 nitrogen and oxygen atoms in total. The number of halogens is 2. The van der Waals surface area contributed by atoms with Gasteiger partial charge in [0, 0.05) is 61.5 Å². The van der Waals surface area contributed by atoms with Gasteiger partial charge in [0.25, 0.3) is 0 Å². The van der Waals surface area contributed by atoms with Crippen LogP contribution >= 0.6 is 23.2 Å². The number of benzene rings is 1. The standard InChI is InChI=1S/C22H23Cl2N5O3/c1-13(30)27-6-7-32-15(11-27)8-19(31)28-4-5-29-18(12-28)20(14-9-25-26-10-14)16-2-3-17(23)21(24)22(16)29/h2-3,9-10,15H,4-8,11-12H2,1H3,(H,25,26)/t15-/m1/s1. The molecule has 0 unspecified atom stereocenters. The molecule has 168 valence electrons. The third-order valence-electron chi connectivity index (χ3n) is 6.28. The van der Waals surface area contributed by atoms with Crippen LogP contribution in [0.4, 0.5) is 0 Å². The molecule has 2 aliphatic heterocycles. The Balaban J connectivity index is 1.45. The van der Waals surface area contributed by atoms with E-state index >= 15 is 0 Å². The van der Waals surface area contributed by atoms with E-state index in [0.717, 1.165) is 27.7 Å². The number of carbonyl (C=O) groups is 2. The molecule has 0 saturated carbocycles. The summed E-state index contributed by atoms with van der Waals surface area (Å²) in [5, 5.41) is 8.97. The minimum atomic E-state index is -0.283. The van der Waals surface area contributed by atoms with Gasteiger partial charge in [0.15, 0.2) is 0 Å². The average molecular weight is 476 g/mol. The summed E-state index contributed by atoms with van der Waals surface area (Å²) in [5.41, 5.74) is 3.82. The summed E-state index contributed by atoms with van der Waals surface area (Å²) in [5.74, 6) is 0.0210. The highest BCUT2D eigenvalue weighted by Crippen LogP contribution is 2.42. The van der Waals surface area contributed by atoms with Crippen molar-refractivity contribution >= 4 is 45.9 Å². The third kappa shape index (κ3) is 3.66. The van der Waals surface area contributed by atoms with Gasteiger partial charge in [0.1, 0.15) is 0 Å². The minimum absolute atomic E-state index is 0.00790. The van der Waals surface area contributed by atoms with Gasteiger partial charge >= 0.3 is 0 Å². The third-order valence-corrected chi connectivity index (χ3v) is 7.08. The lowest BCUT2D eigenvalue weighted by atomic mass is 10.0. The fourth-order valence-electron chi connectivity index (χ4n) is 4.70. The van der Waals surface area contributed by atoms with Gasteiger partial charge in [-0.1, -0.05) is 29.3 Å². The van der Waals surface area contributed by atoms with E-state index in [-0.39, 0.29) is 24.3 Å². The highest BCUT2D eigenvalue weighted by Gasteiger charge is 2.31. The Morgan fingerprint density at radius 3 is 2.81 bits per heavy atom. The molecular formula is C22H23Cl2N5O3. The van der Waals surface area contributed by atoms with Crippen molar-refractivity contribution in [3.05, 3.63) is 40.3 Å². The second kappa shape index (κ2) is 8.42. The lowest BCUT2D eigenvalue weighted by Gasteiger charge is -2.34. The molecule has 1 saturated heterocycles. The molecule has 2 aliphatic rings. The van der Waals surface area contributed by atoms with Crippen molar-refractivity contribution in [1.82, 2.24) is 24.6 Å². The minimum Gasteiger partial charge on any atom is -0.374 e. The number of carbonyl (C=O) groups excluding carboxylic acids is 2. The lowest BCUT2D eigenvalue weighted by molar-refractivity contribution is -0.143. The number of rotatable bonds is 3. The Hall–Kier alpha value is -2.55.